The average Bonchev–Trinajstić information content (AvgIpc) is 2.48. The van der Waals surface area contributed by atoms with E-state index < -0.39 is 24.3 Å². The van der Waals surface area contributed by atoms with E-state index in [2.05, 4.69) is 0 Å². The largest absolute Gasteiger partial charge is 0.508 e. The van der Waals surface area contributed by atoms with Crippen molar-refractivity contribution in [1.82, 2.24) is 0 Å². The number of para-hydroxylation sites is 1. The third kappa shape index (κ3) is 2.14. The van der Waals surface area contributed by atoms with E-state index in [1.54, 1.807) is 18.2 Å². The highest BCUT2D eigenvalue weighted by atomic mass is 16.7. The molecule has 1 aliphatic rings. The molecule has 0 bridgehead atoms. The molecule has 98 valence electrons. The summed E-state index contributed by atoms with van der Waals surface area (Å²) >= 11 is 0. The predicted octanol–water partition coefficient (Wildman–Crippen LogP) is 2.02. The fourth-order valence-electron chi connectivity index (χ4n) is 1.95. The second-order valence-electron chi connectivity index (χ2n) is 5.71. The van der Waals surface area contributed by atoms with Gasteiger partial charge >= 0.3 is 7.12 Å². The Kier molecular flexibility index (Phi) is 3.17. The van der Waals surface area contributed by atoms with Gasteiger partial charge in [-0.05, 0) is 33.8 Å². The van der Waals surface area contributed by atoms with Crippen molar-refractivity contribution in [3.05, 3.63) is 29.8 Å². The minimum absolute atomic E-state index is 0.166. The molecule has 4 nitrogen and oxygen atoms in total. The van der Waals surface area contributed by atoms with E-state index >= 15 is 0 Å². The van der Waals surface area contributed by atoms with Crippen LogP contribution in [0.4, 0.5) is 0 Å². The standard InChI is InChI=1S/C13H20BNO3/c1-12(2)13(3,4)18-14(17-12)11(15)9-7-5-6-8-10(9)16/h5-8,11,16H,15H2,1-4H3/t11-/m0/s1. The van der Waals surface area contributed by atoms with E-state index in [1.807, 2.05) is 33.8 Å². The number of aromatic hydroxyl groups is 1. The summed E-state index contributed by atoms with van der Waals surface area (Å²) in [6.45, 7) is 7.91. The van der Waals surface area contributed by atoms with E-state index in [9.17, 15) is 5.11 Å². The van der Waals surface area contributed by atoms with Crippen molar-refractivity contribution in [1.29, 1.82) is 0 Å². The zero-order valence-corrected chi connectivity index (χ0v) is 11.3. The monoisotopic (exact) mass is 249 g/mol. The van der Waals surface area contributed by atoms with Crippen LogP contribution in [0.1, 0.15) is 39.2 Å². The molecular formula is C13H20BNO3. The molecule has 5 heteroatoms. The smallest absolute Gasteiger partial charge is 0.480 e. The number of hydrogen-bond donors (Lipinski definition) is 2. The molecule has 0 unspecified atom stereocenters. The lowest BCUT2D eigenvalue weighted by atomic mass is 9.74. The predicted molar refractivity (Wildman–Crippen MR) is 71.1 cm³/mol. The quantitative estimate of drug-likeness (QED) is 0.787. The summed E-state index contributed by atoms with van der Waals surface area (Å²) in [6, 6.07) is 6.99. The molecule has 1 aliphatic heterocycles. The fourth-order valence-corrected chi connectivity index (χ4v) is 1.95. The Morgan fingerprint density at radius 1 is 1.11 bits per heavy atom. The van der Waals surface area contributed by atoms with Crippen molar-refractivity contribution >= 4 is 7.12 Å². The van der Waals surface area contributed by atoms with E-state index in [0.29, 0.717) is 5.56 Å². The molecule has 0 aliphatic carbocycles. The van der Waals surface area contributed by atoms with E-state index in [1.165, 1.54) is 0 Å². The third-order valence-electron chi connectivity index (χ3n) is 3.86. The molecule has 1 aromatic rings. The van der Waals surface area contributed by atoms with Crippen LogP contribution >= 0.6 is 0 Å². The van der Waals surface area contributed by atoms with Crippen LogP contribution in [-0.4, -0.2) is 23.4 Å². The first-order valence-electron chi connectivity index (χ1n) is 6.14. The molecule has 1 saturated heterocycles. The Bertz CT molecular complexity index is 432. The van der Waals surface area contributed by atoms with Crippen LogP contribution in [0.15, 0.2) is 24.3 Å². The van der Waals surface area contributed by atoms with Gasteiger partial charge in [0.25, 0.3) is 0 Å². The Balaban J connectivity index is 2.23. The molecule has 0 amide bonds. The fraction of sp³-hybridized carbons (Fsp3) is 0.538. The highest BCUT2D eigenvalue weighted by molar-refractivity contribution is 6.47. The second kappa shape index (κ2) is 4.26. The lowest BCUT2D eigenvalue weighted by molar-refractivity contribution is 0.00578. The van der Waals surface area contributed by atoms with Crippen molar-refractivity contribution < 1.29 is 14.4 Å². The molecule has 1 fully saturated rings. The summed E-state index contributed by atoms with van der Waals surface area (Å²) in [6.07, 6.45) is 0. The molecule has 0 aromatic heterocycles. The van der Waals surface area contributed by atoms with Gasteiger partial charge in [0.1, 0.15) is 5.75 Å². The second-order valence-corrected chi connectivity index (χ2v) is 5.71. The average molecular weight is 249 g/mol. The number of nitrogens with two attached hydrogens (primary N) is 1. The van der Waals surface area contributed by atoms with Crippen LogP contribution in [0.2, 0.25) is 0 Å². The number of hydrogen-bond acceptors (Lipinski definition) is 4. The first kappa shape index (κ1) is 13.4. The van der Waals surface area contributed by atoms with Crippen molar-refractivity contribution in [3.63, 3.8) is 0 Å². The van der Waals surface area contributed by atoms with Gasteiger partial charge in [-0.3, -0.25) is 0 Å². The highest BCUT2D eigenvalue weighted by Gasteiger charge is 2.53. The first-order chi connectivity index (χ1) is 8.24. The number of phenolic OH excluding ortho intramolecular Hbond substituents is 1. The topological polar surface area (TPSA) is 64.7 Å². The minimum Gasteiger partial charge on any atom is -0.508 e. The van der Waals surface area contributed by atoms with Crippen LogP contribution in [0.5, 0.6) is 5.75 Å². The van der Waals surface area contributed by atoms with E-state index in [-0.39, 0.29) is 5.75 Å². The summed E-state index contributed by atoms with van der Waals surface area (Å²) < 4.78 is 11.8. The Morgan fingerprint density at radius 2 is 1.61 bits per heavy atom. The zero-order valence-electron chi connectivity index (χ0n) is 11.3. The van der Waals surface area contributed by atoms with Gasteiger partial charge < -0.3 is 20.1 Å². The molecule has 0 saturated carbocycles. The van der Waals surface area contributed by atoms with Crippen LogP contribution in [0, 0.1) is 0 Å². The lowest BCUT2D eigenvalue weighted by Gasteiger charge is -2.32. The first-order valence-corrected chi connectivity index (χ1v) is 6.14. The third-order valence-corrected chi connectivity index (χ3v) is 3.86. The van der Waals surface area contributed by atoms with E-state index in [4.69, 9.17) is 15.0 Å². The Hall–Kier alpha value is -1.04. The van der Waals surface area contributed by atoms with Gasteiger partial charge in [-0.2, -0.15) is 0 Å². The Morgan fingerprint density at radius 3 is 2.11 bits per heavy atom. The van der Waals surface area contributed by atoms with Crippen LogP contribution in [0.3, 0.4) is 0 Å². The zero-order chi connectivity index (χ0) is 13.6. The normalized spacial score (nSPS) is 23.1. The SMILES string of the molecule is CC1(C)OB([C@@H](N)c2ccccc2O)OC1(C)C. The highest BCUT2D eigenvalue weighted by Crippen LogP contribution is 2.40. The van der Waals surface area contributed by atoms with Crippen molar-refractivity contribution in [2.75, 3.05) is 0 Å². The summed E-state index contributed by atoms with van der Waals surface area (Å²) in [4.78, 5) is 0. The molecular weight excluding hydrogens is 229 g/mol. The maximum atomic E-state index is 9.81. The van der Waals surface area contributed by atoms with Crippen molar-refractivity contribution in [2.24, 2.45) is 5.73 Å². The molecule has 3 N–H and O–H groups in total. The molecule has 0 spiro atoms. The molecule has 18 heavy (non-hydrogen) atoms. The number of rotatable bonds is 2. The summed E-state index contributed by atoms with van der Waals surface area (Å²) in [7, 11) is -0.553. The van der Waals surface area contributed by atoms with E-state index in [0.717, 1.165) is 0 Å². The lowest BCUT2D eigenvalue weighted by Crippen LogP contribution is -2.41. The molecule has 0 radical (unpaired) electrons. The van der Waals surface area contributed by atoms with Crippen LogP contribution < -0.4 is 5.73 Å². The minimum atomic E-state index is -0.553. The summed E-state index contributed by atoms with van der Waals surface area (Å²) in [5.74, 6) is -0.341. The molecule has 1 atom stereocenters. The van der Waals surface area contributed by atoms with Gasteiger partial charge in [-0.25, -0.2) is 0 Å². The van der Waals surface area contributed by atoms with Gasteiger partial charge in [-0.1, -0.05) is 18.2 Å². The summed E-state index contributed by atoms with van der Waals surface area (Å²) in [5, 5.41) is 9.81. The Labute approximate surface area is 108 Å². The number of benzene rings is 1. The van der Waals surface area contributed by atoms with Crippen molar-refractivity contribution in [3.8, 4) is 5.75 Å². The maximum absolute atomic E-state index is 9.81. The van der Waals surface area contributed by atoms with Crippen molar-refractivity contribution in [2.45, 2.75) is 44.8 Å². The van der Waals surface area contributed by atoms with Crippen LogP contribution in [-0.2, 0) is 9.31 Å². The van der Waals surface area contributed by atoms with Crippen LogP contribution in [0.25, 0.3) is 0 Å². The molecule has 2 rings (SSSR count). The summed E-state index contributed by atoms with van der Waals surface area (Å²) in [5.41, 5.74) is 5.93. The molecule has 1 aromatic carbocycles. The van der Waals surface area contributed by atoms with Gasteiger partial charge in [0.2, 0.25) is 0 Å². The molecule has 1 heterocycles. The van der Waals surface area contributed by atoms with Gasteiger partial charge in [0.05, 0.1) is 17.1 Å². The maximum Gasteiger partial charge on any atom is 0.480 e. The van der Waals surface area contributed by atoms with Gasteiger partial charge in [0.15, 0.2) is 0 Å². The number of phenols is 1. The van der Waals surface area contributed by atoms with Gasteiger partial charge in [0, 0.05) is 5.56 Å². The van der Waals surface area contributed by atoms with Gasteiger partial charge in [-0.15, -0.1) is 0 Å².